The fraction of sp³-hybridized carbons (Fsp3) is 0.654. The number of carbonyl (C=O) groups excluding carboxylic acids is 1. The molecular formula is C26H36N2O4. The molecule has 0 radical (unpaired) electrons. The van der Waals surface area contributed by atoms with E-state index in [1.54, 1.807) is 7.11 Å². The number of anilines is 1. The molecule has 4 aliphatic rings. The average molecular weight is 441 g/mol. The van der Waals surface area contributed by atoms with E-state index >= 15 is 0 Å². The molecule has 2 aliphatic heterocycles. The van der Waals surface area contributed by atoms with E-state index in [-0.39, 0.29) is 29.3 Å². The number of aliphatic hydroxyl groups excluding tert-OH is 1. The number of nitrogens with zero attached hydrogens (tertiary/aromatic N) is 2. The van der Waals surface area contributed by atoms with Crippen LogP contribution >= 0.6 is 0 Å². The number of ether oxygens (including phenoxy) is 2. The van der Waals surface area contributed by atoms with Gasteiger partial charge in [0, 0.05) is 56.2 Å². The quantitative estimate of drug-likeness (QED) is 0.574. The third-order valence-corrected chi connectivity index (χ3v) is 8.84. The molecule has 0 unspecified atom stereocenters. The van der Waals surface area contributed by atoms with Gasteiger partial charge in [-0.15, -0.1) is 0 Å². The minimum atomic E-state index is -0.528. The molecule has 0 amide bonds. The van der Waals surface area contributed by atoms with E-state index in [1.165, 1.54) is 11.3 Å². The van der Waals surface area contributed by atoms with Crippen molar-refractivity contribution in [3.8, 4) is 5.75 Å². The Morgan fingerprint density at radius 1 is 1.19 bits per heavy atom. The fourth-order valence-electron chi connectivity index (χ4n) is 6.53. The molecule has 2 saturated heterocycles. The predicted octanol–water partition coefficient (Wildman–Crippen LogP) is 3.10. The Labute approximate surface area is 191 Å². The van der Waals surface area contributed by atoms with Gasteiger partial charge in [0.05, 0.1) is 19.1 Å². The van der Waals surface area contributed by atoms with Crippen molar-refractivity contribution in [1.82, 2.24) is 4.90 Å². The molecular weight excluding hydrogens is 404 g/mol. The third-order valence-electron chi connectivity index (χ3n) is 8.84. The van der Waals surface area contributed by atoms with Crippen LogP contribution in [0.5, 0.6) is 5.75 Å². The van der Waals surface area contributed by atoms with Crippen molar-refractivity contribution in [2.45, 2.75) is 45.3 Å². The Balaban J connectivity index is 1.25. The first kappa shape index (κ1) is 21.8. The van der Waals surface area contributed by atoms with Crippen molar-refractivity contribution in [1.29, 1.82) is 0 Å². The van der Waals surface area contributed by atoms with Gasteiger partial charge in [0.15, 0.2) is 0 Å². The minimum Gasteiger partial charge on any atom is -0.497 e. The fourth-order valence-corrected chi connectivity index (χ4v) is 6.53. The lowest BCUT2D eigenvalue weighted by Crippen LogP contribution is -2.55. The van der Waals surface area contributed by atoms with Crippen LogP contribution < -0.4 is 9.64 Å². The molecule has 0 spiro atoms. The van der Waals surface area contributed by atoms with Gasteiger partial charge in [-0.2, -0.15) is 0 Å². The second-order valence-electron chi connectivity index (χ2n) is 10.3. The van der Waals surface area contributed by atoms with Crippen molar-refractivity contribution >= 4 is 11.7 Å². The van der Waals surface area contributed by atoms with Gasteiger partial charge < -0.3 is 19.5 Å². The summed E-state index contributed by atoms with van der Waals surface area (Å²) in [5.41, 5.74) is 2.26. The van der Waals surface area contributed by atoms with Crippen LogP contribution in [0.4, 0.5) is 5.69 Å². The summed E-state index contributed by atoms with van der Waals surface area (Å²) < 4.78 is 11.1. The molecule has 1 aromatic carbocycles. The number of aliphatic hydroxyl groups is 1. The summed E-state index contributed by atoms with van der Waals surface area (Å²) in [4.78, 5) is 17.6. The number of methoxy groups -OCH3 is 1. The summed E-state index contributed by atoms with van der Waals surface area (Å²) in [6, 6.07) is 8.19. The lowest BCUT2D eigenvalue weighted by Gasteiger charge is -2.52. The Bertz CT molecular complexity index is 876. The SMILES string of the molecule is COc1ccc(N2CCN(C[C@@H]3C(=O)O[C@@H]4CC5=CCC[C@H](C)[C@@]5(C)[C@H](O)[C@H]34)CC2)cc1. The van der Waals surface area contributed by atoms with Crippen LogP contribution in [0.2, 0.25) is 0 Å². The van der Waals surface area contributed by atoms with Gasteiger partial charge in [-0.05, 0) is 43.0 Å². The lowest BCUT2D eigenvalue weighted by atomic mass is 9.55. The normalized spacial score (nSPS) is 37.4. The standard InChI is InChI=1S/C26H36N2O4/c1-17-5-4-6-18-15-22-23(24(29)26(17,18)2)21(25(30)32-22)16-27-11-13-28(14-12-27)19-7-9-20(31-3)10-8-19/h6-10,17,21-24,29H,4-5,11-16H2,1-3H3/t17-,21-,22+,23+,24+,26+/m0/s1. The van der Waals surface area contributed by atoms with Crippen LogP contribution in [0.3, 0.4) is 0 Å². The monoisotopic (exact) mass is 440 g/mol. The summed E-state index contributed by atoms with van der Waals surface area (Å²) in [5.74, 6) is 0.821. The molecule has 1 aromatic rings. The molecule has 6 atom stereocenters. The maximum atomic E-state index is 12.9. The zero-order valence-electron chi connectivity index (χ0n) is 19.5. The Kier molecular flexibility index (Phi) is 5.70. The van der Waals surface area contributed by atoms with Crippen LogP contribution in [-0.4, -0.2) is 68.0 Å². The van der Waals surface area contributed by atoms with Crippen LogP contribution in [0.25, 0.3) is 0 Å². The van der Waals surface area contributed by atoms with Gasteiger partial charge in [0.1, 0.15) is 11.9 Å². The molecule has 5 rings (SSSR count). The summed E-state index contributed by atoms with van der Waals surface area (Å²) in [7, 11) is 1.68. The molecule has 174 valence electrons. The molecule has 6 nitrogen and oxygen atoms in total. The molecule has 2 aliphatic carbocycles. The van der Waals surface area contributed by atoms with E-state index in [1.807, 2.05) is 12.1 Å². The van der Waals surface area contributed by atoms with Crippen molar-refractivity contribution in [2.75, 3.05) is 44.7 Å². The summed E-state index contributed by atoms with van der Waals surface area (Å²) in [6.07, 6.45) is 4.54. The number of benzene rings is 1. The van der Waals surface area contributed by atoms with Gasteiger partial charge in [-0.3, -0.25) is 9.69 Å². The number of esters is 1. The van der Waals surface area contributed by atoms with Gasteiger partial charge in [-0.1, -0.05) is 25.5 Å². The summed E-state index contributed by atoms with van der Waals surface area (Å²) in [5, 5.41) is 11.5. The van der Waals surface area contributed by atoms with Crippen LogP contribution in [0, 0.1) is 23.2 Å². The average Bonchev–Trinajstić information content (AvgIpc) is 3.11. The van der Waals surface area contributed by atoms with Crippen LogP contribution in [0.1, 0.15) is 33.1 Å². The molecule has 2 heterocycles. The second kappa shape index (κ2) is 8.38. The highest BCUT2D eigenvalue weighted by Gasteiger charge is 2.59. The van der Waals surface area contributed by atoms with E-state index in [4.69, 9.17) is 9.47 Å². The van der Waals surface area contributed by atoms with E-state index < -0.39 is 6.10 Å². The zero-order valence-corrected chi connectivity index (χ0v) is 19.5. The van der Waals surface area contributed by atoms with E-state index in [0.717, 1.165) is 51.2 Å². The van der Waals surface area contributed by atoms with Crippen LogP contribution in [-0.2, 0) is 9.53 Å². The second-order valence-corrected chi connectivity index (χ2v) is 10.3. The largest absolute Gasteiger partial charge is 0.497 e. The van der Waals surface area contributed by atoms with Crippen molar-refractivity contribution in [2.24, 2.45) is 23.2 Å². The number of carbonyl (C=O) groups is 1. The Morgan fingerprint density at radius 3 is 2.59 bits per heavy atom. The molecule has 0 aromatic heterocycles. The van der Waals surface area contributed by atoms with Crippen molar-refractivity contribution < 1.29 is 19.4 Å². The van der Waals surface area contributed by atoms with Crippen molar-refractivity contribution in [3.05, 3.63) is 35.9 Å². The van der Waals surface area contributed by atoms with Gasteiger partial charge >= 0.3 is 5.97 Å². The van der Waals surface area contributed by atoms with E-state index in [0.29, 0.717) is 12.5 Å². The first-order valence-electron chi connectivity index (χ1n) is 12.1. The highest BCUT2D eigenvalue weighted by atomic mass is 16.6. The van der Waals surface area contributed by atoms with Gasteiger partial charge in [0.25, 0.3) is 0 Å². The maximum Gasteiger partial charge on any atom is 0.311 e. The minimum absolute atomic E-state index is 0.107. The van der Waals surface area contributed by atoms with Crippen molar-refractivity contribution in [3.63, 3.8) is 0 Å². The molecule has 32 heavy (non-hydrogen) atoms. The Hall–Kier alpha value is -2.05. The first-order valence-corrected chi connectivity index (χ1v) is 12.1. The molecule has 6 heteroatoms. The van der Waals surface area contributed by atoms with E-state index in [2.05, 4.69) is 41.9 Å². The molecule has 0 bridgehead atoms. The highest BCUT2D eigenvalue weighted by molar-refractivity contribution is 5.76. The molecule has 1 N–H and O–H groups in total. The van der Waals surface area contributed by atoms with Gasteiger partial charge in [0.2, 0.25) is 0 Å². The Morgan fingerprint density at radius 2 is 1.91 bits per heavy atom. The third kappa shape index (κ3) is 3.52. The number of piperazine rings is 1. The van der Waals surface area contributed by atoms with Gasteiger partial charge in [-0.25, -0.2) is 0 Å². The van der Waals surface area contributed by atoms with E-state index in [9.17, 15) is 9.90 Å². The van der Waals surface area contributed by atoms with Crippen LogP contribution in [0.15, 0.2) is 35.9 Å². The summed E-state index contributed by atoms with van der Waals surface area (Å²) >= 11 is 0. The number of fused-ring (bicyclic) bond motifs is 2. The highest BCUT2D eigenvalue weighted by Crippen LogP contribution is 2.56. The summed E-state index contributed by atoms with van der Waals surface area (Å²) in [6.45, 7) is 8.79. The molecule has 3 fully saturated rings. The number of allylic oxidation sites excluding steroid dienone is 1. The smallest absolute Gasteiger partial charge is 0.311 e. The topological polar surface area (TPSA) is 62.2 Å². The number of rotatable bonds is 4. The maximum absolute atomic E-state index is 12.9. The molecule has 1 saturated carbocycles. The number of hydrogen-bond donors (Lipinski definition) is 1. The lowest BCUT2D eigenvalue weighted by molar-refractivity contribution is -0.145. The first-order chi connectivity index (χ1) is 15.4. The predicted molar refractivity (Wildman–Crippen MR) is 124 cm³/mol. The number of hydrogen-bond acceptors (Lipinski definition) is 6. The zero-order chi connectivity index (χ0) is 22.5.